The Bertz CT molecular complexity index is 761. The van der Waals surface area contributed by atoms with E-state index in [9.17, 15) is 24.9 Å². The van der Waals surface area contributed by atoms with Crippen molar-refractivity contribution < 1.29 is 44.2 Å². The van der Waals surface area contributed by atoms with Crippen LogP contribution in [0.1, 0.15) is 37.8 Å². The van der Waals surface area contributed by atoms with Gasteiger partial charge in [-0.05, 0) is 57.7 Å². The highest BCUT2D eigenvalue weighted by Crippen LogP contribution is 2.29. The van der Waals surface area contributed by atoms with Gasteiger partial charge in [-0.25, -0.2) is 4.79 Å². The highest BCUT2D eigenvalue weighted by atomic mass is 16.7. The van der Waals surface area contributed by atoms with E-state index in [2.05, 4.69) is 0 Å². The summed E-state index contributed by atoms with van der Waals surface area (Å²) in [4.78, 5) is 23.7. The summed E-state index contributed by atoms with van der Waals surface area (Å²) < 4.78 is 15.9. The van der Waals surface area contributed by atoms with Gasteiger partial charge < -0.3 is 34.6 Å². The van der Waals surface area contributed by atoms with Crippen LogP contribution in [0.3, 0.4) is 0 Å². The fourth-order valence-electron chi connectivity index (χ4n) is 3.08. The molecule has 0 radical (unpaired) electrons. The maximum atomic E-state index is 12.6. The zero-order valence-corrected chi connectivity index (χ0v) is 17.6. The van der Waals surface area contributed by atoms with Crippen LogP contribution in [0.5, 0.6) is 5.75 Å². The minimum Gasteiger partial charge on any atom is -0.493 e. The molecule has 0 saturated carbocycles. The van der Waals surface area contributed by atoms with Crippen molar-refractivity contribution in [2.24, 2.45) is 5.41 Å². The lowest BCUT2D eigenvalue weighted by Crippen LogP contribution is -2.61. The van der Waals surface area contributed by atoms with Crippen LogP contribution >= 0.6 is 0 Å². The number of aryl methyl sites for hydroxylation is 2. The first kappa shape index (κ1) is 24.1. The first-order chi connectivity index (χ1) is 13.9. The summed E-state index contributed by atoms with van der Waals surface area (Å²) in [5.74, 6) is -1.50. The number of aliphatic carboxylic acids is 1. The van der Waals surface area contributed by atoms with Crippen molar-refractivity contribution in [1.82, 2.24) is 0 Å². The first-order valence-electron chi connectivity index (χ1n) is 9.77. The Balaban J connectivity index is 1.90. The van der Waals surface area contributed by atoms with Gasteiger partial charge in [0.05, 0.1) is 12.0 Å². The molecule has 0 aromatic heterocycles. The second-order valence-electron chi connectivity index (χ2n) is 8.25. The number of aliphatic hydroxyl groups is 3. The van der Waals surface area contributed by atoms with Gasteiger partial charge in [-0.3, -0.25) is 4.79 Å². The molecule has 9 nitrogen and oxygen atoms in total. The standard InChI is InChI=1S/C21H30O9/c1-11-6-7-12(2)13(10-11)28-9-5-8-21(3,4)20(27)30-19-16(24)14(22)15(23)17(29-19)18(25)26/h6-7,10,14-17,19,22-24H,5,8-9H2,1-4H3,(H,25,26)/t14?,15-,16?,17?,19+/m1/s1. The van der Waals surface area contributed by atoms with E-state index >= 15 is 0 Å². The number of carboxylic acids is 1. The summed E-state index contributed by atoms with van der Waals surface area (Å²) in [5, 5.41) is 38.6. The van der Waals surface area contributed by atoms with Gasteiger partial charge in [0.2, 0.25) is 6.29 Å². The number of hydrogen-bond donors (Lipinski definition) is 4. The minimum atomic E-state index is -1.84. The van der Waals surface area contributed by atoms with Crippen molar-refractivity contribution in [2.45, 2.75) is 71.2 Å². The summed E-state index contributed by atoms with van der Waals surface area (Å²) >= 11 is 0. The molecule has 1 fully saturated rings. The highest BCUT2D eigenvalue weighted by Gasteiger charge is 2.49. The van der Waals surface area contributed by atoms with Crippen LogP contribution in [-0.4, -0.2) is 69.7 Å². The summed E-state index contributed by atoms with van der Waals surface area (Å²) in [7, 11) is 0. The molecule has 0 aliphatic carbocycles. The fraction of sp³-hybridized carbons (Fsp3) is 0.619. The molecular weight excluding hydrogens is 396 g/mol. The van der Waals surface area contributed by atoms with Gasteiger partial charge in [-0.1, -0.05) is 12.1 Å². The lowest BCUT2D eigenvalue weighted by molar-refractivity contribution is -0.288. The van der Waals surface area contributed by atoms with Crippen LogP contribution in [0, 0.1) is 19.3 Å². The molecule has 30 heavy (non-hydrogen) atoms. The summed E-state index contributed by atoms with van der Waals surface area (Å²) in [6.45, 7) is 7.58. The Labute approximate surface area is 175 Å². The normalized spacial score (nSPS) is 26.8. The molecule has 1 heterocycles. The number of hydrogen-bond acceptors (Lipinski definition) is 8. The SMILES string of the molecule is Cc1ccc(C)c(OCCCC(C)(C)C(=O)O[C@@H]2OC(C(=O)O)[C@H](O)C(O)C2O)c1. The van der Waals surface area contributed by atoms with E-state index < -0.39 is 48.1 Å². The minimum absolute atomic E-state index is 0.384. The number of ether oxygens (including phenoxy) is 3. The van der Waals surface area contributed by atoms with E-state index in [0.717, 1.165) is 16.9 Å². The molecule has 0 spiro atoms. The molecule has 9 heteroatoms. The number of carboxylic acid groups (broad SMARTS) is 1. The number of aliphatic hydroxyl groups excluding tert-OH is 3. The van der Waals surface area contributed by atoms with Crippen molar-refractivity contribution in [3.63, 3.8) is 0 Å². The predicted octanol–water partition coefficient (Wildman–Crippen LogP) is 0.924. The fourth-order valence-corrected chi connectivity index (χ4v) is 3.08. The third-order valence-corrected chi connectivity index (χ3v) is 5.14. The second-order valence-corrected chi connectivity index (χ2v) is 8.25. The monoisotopic (exact) mass is 426 g/mol. The Hall–Kier alpha value is -2.20. The van der Waals surface area contributed by atoms with Gasteiger partial charge in [0.1, 0.15) is 24.1 Å². The van der Waals surface area contributed by atoms with Gasteiger partial charge in [-0.2, -0.15) is 0 Å². The molecule has 0 amide bonds. The third kappa shape index (κ3) is 5.69. The Kier molecular flexibility index (Phi) is 7.81. The predicted molar refractivity (Wildman–Crippen MR) is 105 cm³/mol. The quantitative estimate of drug-likeness (QED) is 0.352. The smallest absolute Gasteiger partial charge is 0.335 e. The zero-order chi connectivity index (χ0) is 22.6. The van der Waals surface area contributed by atoms with Gasteiger partial charge in [-0.15, -0.1) is 0 Å². The highest BCUT2D eigenvalue weighted by molar-refractivity contribution is 5.76. The van der Waals surface area contributed by atoms with Crippen molar-refractivity contribution in [1.29, 1.82) is 0 Å². The first-order valence-corrected chi connectivity index (χ1v) is 9.77. The van der Waals surface area contributed by atoms with Gasteiger partial charge in [0, 0.05) is 0 Å². The zero-order valence-electron chi connectivity index (χ0n) is 17.6. The summed E-state index contributed by atoms with van der Waals surface area (Å²) in [5.41, 5.74) is 1.11. The average molecular weight is 426 g/mol. The molecule has 1 aliphatic heterocycles. The molecule has 1 aliphatic rings. The Morgan fingerprint density at radius 3 is 2.40 bits per heavy atom. The molecule has 4 N–H and O–H groups in total. The van der Waals surface area contributed by atoms with Crippen LogP contribution in [0.2, 0.25) is 0 Å². The third-order valence-electron chi connectivity index (χ3n) is 5.14. The topological polar surface area (TPSA) is 143 Å². The second kappa shape index (κ2) is 9.74. The van der Waals surface area contributed by atoms with E-state index in [1.54, 1.807) is 13.8 Å². The van der Waals surface area contributed by atoms with E-state index in [1.165, 1.54) is 0 Å². The largest absolute Gasteiger partial charge is 0.493 e. The molecule has 1 aromatic rings. The Morgan fingerprint density at radius 1 is 1.10 bits per heavy atom. The molecule has 1 aromatic carbocycles. The van der Waals surface area contributed by atoms with Gasteiger partial charge >= 0.3 is 11.9 Å². The lowest BCUT2D eigenvalue weighted by Gasteiger charge is -2.39. The van der Waals surface area contributed by atoms with Crippen molar-refractivity contribution in [3.05, 3.63) is 29.3 Å². The molecule has 168 valence electrons. The Morgan fingerprint density at radius 2 is 1.77 bits per heavy atom. The van der Waals surface area contributed by atoms with Crippen LogP contribution < -0.4 is 4.74 Å². The summed E-state index contributed by atoms with van der Waals surface area (Å²) in [6, 6.07) is 5.90. The molecule has 2 rings (SSSR count). The molecule has 0 bridgehead atoms. The molecular formula is C21H30O9. The molecule has 5 atom stereocenters. The number of esters is 1. The number of carbonyl (C=O) groups is 2. The summed E-state index contributed by atoms with van der Waals surface area (Å²) in [6.07, 6.45) is -8.04. The van der Waals surface area contributed by atoms with Crippen molar-refractivity contribution in [2.75, 3.05) is 6.61 Å². The van der Waals surface area contributed by atoms with Crippen molar-refractivity contribution >= 4 is 11.9 Å². The van der Waals surface area contributed by atoms with Gasteiger partial charge in [0.25, 0.3) is 0 Å². The lowest BCUT2D eigenvalue weighted by atomic mass is 9.88. The average Bonchev–Trinajstić information content (AvgIpc) is 2.67. The number of rotatable bonds is 8. The maximum Gasteiger partial charge on any atom is 0.335 e. The van der Waals surface area contributed by atoms with Crippen LogP contribution in [0.25, 0.3) is 0 Å². The van der Waals surface area contributed by atoms with Crippen LogP contribution in [-0.2, 0) is 19.1 Å². The van der Waals surface area contributed by atoms with Crippen LogP contribution in [0.15, 0.2) is 18.2 Å². The molecule has 3 unspecified atom stereocenters. The van der Waals surface area contributed by atoms with Crippen molar-refractivity contribution in [3.8, 4) is 5.75 Å². The van der Waals surface area contributed by atoms with Crippen LogP contribution in [0.4, 0.5) is 0 Å². The van der Waals surface area contributed by atoms with Gasteiger partial charge in [0.15, 0.2) is 6.10 Å². The van der Waals surface area contributed by atoms with E-state index in [-0.39, 0.29) is 0 Å². The van der Waals surface area contributed by atoms with E-state index in [1.807, 2.05) is 32.0 Å². The number of carbonyl (C=O) groups excluding carboxylic acids is 1. The van der Waals surface area contributed by atoms with E-state index in [4.69, 9.17) is 19.3 Å². The maximum absolute atomic E-state index is 12.6. The number of benzene rings is 1. The molecule has 1 saturated heterocycles. The van der Waals surface area contributed by atoms with E-state index in [0.29, 0.717) is 19.4 Å².